The van der Waals surface area contributed by atoms with Crippen LogP contribution in [0.25, 0.3) is 0 Å². The van der Waals surface area contributed by atoms with Gasteiger partial charge in [-0.1, -0.05) is 6.92 Å². The molecule has 0 unspecified atom stereocenters. The van der Waals surface area contributed by atoms with Gasteiger partial charge in [0.25, 0.3) is 0 Å². The minimum absolute atomic E-state index is 0.994. The topological polar surface area (TPSA) is 28.2 Å². The summed E-state index contributed by atoms with van der Waals surface area (Å²) < 4.78 is 0. The molecule has 3 nitrogen and oxygen atoms in total. The monoisotopic (exact) mass is 227 g/mol. The summed E-state index contributed by atoms with van der Waals surface area (Å²) >= 11 is 1.76. The van der Waals surface area contributed by atoms with Gasteiger partial charge in [-0.3, -0.25) is 4.90 Å². The number of thiazole rings is 1. The van der Waals surface area contributed by atoms with Gasteiger partial charge in [-0.2, -0.15) is 0 Å². The van der Waals surface area contributed by atoms with E-state index in [2.05, 4.69) is 34.4 Å². The highest BCUT2D eigenvalue weighted by atomic mass is 32.1. The van der Waals surface area contributed by atoms with E-state index in [-0.39, 0.29) is 0 Å². The highest BCUT2D eigenvalue weighted by Gasteiger charge is 2.06. The Balaban J connectivity index is 2.42. The Morgan fingerprint density at radius 1 is 1.47 bits per heavy atom. The minimum Gasteiger partial charge on any atom is -0.318 e. The Labute approximate surface area is 96.5 Å². The number of aromatic nitrogens is 1. The number of aryl methyl sites for hydroxylation is 1. The third kappa shape index (κ3) is 4.73. The maximum atomic E-state index is 4.50. The summed E-state index contributed by atoms with van der Waals surface area (Å²) in [7, 11) is 2.00. The molecule has 0 aliphatic carbocycles. The van der Waals surface area contributed by atoms with Crippen LogP contribution in [0.4, 0.5) is 0 Å². The average molecular weight is 227 g/mol. The SMILES string of the molecule is CCCN(CCNC)Cc1nc(C)cs1. The lowest BCUT2D eigenvalue weighted by atomic mass is 10.4. The number of hydrogen-bond acceptors (Lipinski definition) is 4. The van der Waals surface area contributed by atoms with Crippen molar-refractivity contribution >= 4 is 11.3 Å². The zero-order valence-corrected chi connectivity index (χ0v) is 10.7. The van der Waals surface area contributed by atoms with E-state index in [1.165, 1.54) is 11.4 Å². The van der Waals surface area contributed by atoms with Crippen LogP contribution in [0.15, 0.2) is 5.38 Å². The van der Waals surface area contributed by atoms with Crippen LogP contribution in [-0.2, 0) is 6.54 Å². The van der Waals surface area contributed by atoms with Crippen molar-refractivity contribution in [1.82, 2.24) is 15.2 Å². The van der Waals surface area contributed by atoms with Crippen LogP contribution >= 0.6 is 11.3 Å². The second kappa shape index (κ2) is 6.93. The van der Waals surface area contributed by atoms with Crippen LogP contribution in [0.5, 0.6) is 0 Å². The molecule has 0 atom stereocenters. The van der Waals surface area contributed by atoms with Crippen LogP contribution in [0.3, 0.4) is 0 Å². The molecule has 1 aromatic rings. The Bertz CT molecular complexity index is 273. The van der Waals surface area contributed by atoms with Gasteiger partial charge in [-0.25, -0.2) is 4.98 Å². The predicted molar refractivity (Wildman–Crippen MR) is 66.3 cm³/mol. The summed E-state index contributed by atoms with van der Waals surface area (Å²) in [4.78, 5) is 6.95. The van der Waals surface area contributed by atoms with E-state index >= 15 is 0 Å². The summed E-state index contributed by atoms with van der Waals surface area (Å²) in [5.74, 6) is 0. The fourth-order valence-electron chi connectivity index (χ4n) is 1.52. The highest BCUT2D eigenvalue weighted by Crippen LogP contribution is 2.11. The first-order chi connectivity index (χ1) is 7.26. The van der Waals surface area contributed by atoms with Gasteiger partial charge in [0.05, 0.1) is 6.54 Å². The number of hydrogen-bond donors (Lipinski definition) is 1. The Hall–Kier alpha value is -0.450. The van der Waals surface area contributed by atoms with Crippen molar-refractivity contribution in [2.24, 2.45) is 0 Å². The molecule has 4 heteroatoms. The van der Waals surface area contributed by atoms with Crippen LogP contribution in [0.2, 0.25) is 0 Å². The van der Waals surface area contributed by atoms with Gasteiger partial charge < -0.3 is 5.32 Å². The molecule has 1 N–H and O–H groups in total. The number of rotatable bonds is 7. The molecular weight excluding hydrogens is 206 g/mol. The molecule has 0 aliphatic heterocycles. The fourth-order valence-corrected chi connectivity index (χ4v) is 2.34. The summed E-state index contributed by atoms with van der Waals surface area (Å²) in [5.41, 5.74) is 1.14. The van der Waals surface area contributed by atoms with Crippen molar-refractivity contribution in [3.63, 3.8) is 0 Å². The largest absolute Gasteiger partial charge is 0.318 e. The normalized spacial score (nSPS) is 11.2. The third-order valence-corrected chi connectivity index (χ3v) is 3.19. The van der Waals surface area contributed by atoms with Crippen LogP contribution in [-0.4, -0.2) is 36.6 Å². The fraction of sp³-hybridized carbons (Fsp3) is 0.727. The predicted octanol–water partition coefficient (Wildman–Crippen LogP) is 1.88. The lowest BCUT2D eigenvalue weighted by Crippen LogP contribution is -2.31. The van der Waals surface area contributed by atoms with E-state index in [9.17, 15) is 0 Å². The van der Waals surface area contributed by atoms with Gasteiger partial charge >= 0.3 is 0 Å². The van der Waals surface area contributed by atoms with E-state index in [0.29, 0.717) is 0 Å². The van der Waals surface area contributed by atoms with E-state index < -0.39 is 0 Å². The first-order valence-corrected chi connectivity index (χ1v) is 6.42. The summed E-state index contributed by atoms with van der Waals surface area (Å²) in [6, 6.07) is 0. The second-order valence-corrected chi connectivity index (χ2v) is 4.70. The van der Waals surface area contributed by atoms with Crippen LogP contribution in [0, 0.1) is 6.92 Å². The number of likely N-dealkylation sites (N-methyl/N-ethyl adjacent to an activating group) is 1. The smallest absolute Gasteiger partial charge is 0.107 e. The molecule has 86 valence electrons. The summed E-state index contributed by atoms with van der Waals surface area (Å²) in [5, 5.41) is 6.54. The molecule has 0 bridgehead atoms. The second-order valence-electron chi connectivity index (χ2n) is 3.76. The molecule has 0 aliphatic rings. The molecule has 0 saturated heterocycles. The number of nitrogens with one attached hydrogen (secondary N) is 1. The van der Waals surface area contributed by atoms with Crippen molar-refractivity contribution < 1.29 is 0 Å². The van der Waals surface area contributed by atoms with Gasteiger partial charge in [-0.15, -0.1) is 11.3 Å². The Kier molecular flexibility index (Phi) is 5.83. The molecule has 1 rings (SSSR count). The molecule has 0 fully saturated rings. The van der Waals surface area contributed by atoms with E-state index in [1.807, 2.05) is 7.05 Å². The van der Waals surface area contributed by atoms with Gasteiger partial charge in [0.1, 0.15) is 5.01 Å². The molecule has 0 aromatic carbocycles. The average Bonchev–Trinajstić information content (AvgIpc) is 2.61. The molecule has 0 radical (unpaired) electrons. The van der Waals surface area contributed by atoms with Crippen molar-refractivity contribution in [1.29, 1.82) is 0 Å². The highest BCUT2D eigenvalue weighted by molar-refractivity contribution is 7.09. The van der Waals surface area contributed by atoms with Crippen molar-refractivity contribution in [2.45, 2.75) is 26.8 Å². The Morgan fingerprint density at radius 3 is 2.80 bits per heavy atom. The van der Waals surface area contributed by atoms with E-state index in [0.717, 1.165) is 31.9 Å². The lowest BCUT2D eigenvalue weighted by Gasteiger charge is -2.19. The van der Waals surface area contributed by atoms with Crippen LogP contribution < -0.4 is 5.32 Å². The Morgan fingerprint density at radius 2 is 2.27 bits per heavy atom. The molecule has 1 heterocycles. The molecular formula is C11H21N3S. The summed E-state index contributed by atoms with van der Waals surface area (Å²) in [6.07, 6.45) is 1.20. The maximum Gasteiger partial charge on any atom is 0.107 e. The first kappa shape index (κ1) is 12.6. The van der Waals surface area contributed by atoms with Crippen molar-refractivity contribution in [3.05, 3.63) is 16.1 Å². The van der Waals surface area contributed by atoms with Crippen LogP contribution in [0.1, 0.15) is 24.0 Å². The molecule has 0 amide bonds. The zero-order chi connectivity index (χ0) is 11.1. The van der Waals surface area contributed by atoms with Crippen molar-refractivity contribution in [3.8, 4) is 0 Å². The van der Waals surface area contributed by atoms with Gasteiger partial charge in [0, 0.05) is 24.2 Å². The van der Waals surface area contributed by atoms with E-state index in [1.54, 1.807) is 11.3 Å². The maximum absolute atomic E-state index is 4.50. The van der Waals surface area contributed by atoms with E-state index in [4.69, 9.17) is 0 Å². The number of nitrogens with zero attached hydrogens (tertiary/aromatic N) is 2. The molecule has 0 saturated carbocycles. The molecule has 1 aromatic heterocycles. The first-order valence-electron chi connectivity index (χ1n) is 5.54. The zero-order valence-electron chi connectivity index (χ0n) is 9.92. The summed E-state index contributed by atoms with van der Waals surface area (Å²) in [6.45, 7) is 8.57. The quantitative estimate of drug-likeness (QED) is 0.771. The minimum atomic E-state index is 0.994. The van der Waals surface area contributed by atoms with Crippen molar-refractivity contribution in [2.75, 3.05) is 26.7 Å². The standard InChI is InChI=1S/C11H21N3S/c1-4-6-14(7-5-12-3)8-11-13-10(2)9-15-11/h9,12H,4-8H2,1-3H3. The van der Waals surface area contributed by atoms with Gasteiger partial charge in [0.2, 0.25) is 0 Å². The lowest BCUT2D eigenvalue weighted by molar-refractivity contribution is 0.267. The molecule has 0 spiro atoms. The molecule has 15 heavy (non-hydrogen) atoms. The van der Waals surface area contributed by atoms with Gasteiger partial charge in [0.15, 0.2) is 0 Å². The van der Waals surface area contributed by atoms with Gasteiger partial charge in [-0.05, 0) is 26.9 Å². The third-order valence-electron chi connectivity index (χ3n) is 2.24.